The summed E-state index contributed by atoms with van der Waals surface area (Å²) >= 11 is 6.78. The predicted molar refractivity (Wildman–Crippen MR) is 196 cm³/mol. The van der Waals surface area contributed by atoms with E-state index in [0.29, 0.717) is 0 Å². The molecule has 0 amide bonds. The Balaban J connectivity index is 1.09. The number of thiophene rings is 4. The van der Waals surface area contributed by atoms with Crippen molar-refractivity contribution in [3.63, 3.8) is 0 Å². The van der Waals surface area contributed by atoms with Crippen molar-refractivity contribution in [1.82, 2.24) is 0 Å². The number of hydrogen-bond donors (Lipinski definition) is 1. The Bertz CT molecular complexity index is 2160. The van der Waals surface area contributed by atoms with Gasteiger partial charge in [-0.2, -0.15) is 5.26 Å². The van der Waals surface area contributed by atoms with E-state index in [9.17, 15) is 4.79 Å². The van der Waals surface area contributed by atoms with E-state index in [1.165, 1.54) is 47.4 Å². The van der Waals surface area contributed by atoms with Gasteiger partial charge in [0.25, 0.3) is 0 Å². The lowest BCUT2D eigenvalue weighted by molar-refractivity contribution is -0.132. The zero-order valence-corrected chi connectivity index (χ0v) is 27.4. The minimum atomic E-state index is -1.21. The second-order valence-electron chi connectivity index (χ2n) is 10.2. The first kappa shape index (κ1) is 29.7. The molecule has 0 bridgehead atoms. The summed E-state index contributed by atoms with van der Waals surface area (Å²) in [5.74, 6) is -1.21. The monoisotopic (exact) mass is 668 g/mol. The second kappa shape index (κ2) is 13.1. The molecule has 0 saturated carbocycles. The van der Waals surface area contributed by atoms with Crippen molar-refractivity contribution >= 4 is 74.5 Å². The number of nitrogens with zero attached hydrogens (tertiary/aromatic N) is 2. The van der Waals surface area contributed by atoms with Gasteiger partial charge in [-0.25, -0.2) is 4.79 Å². The van der Waals surface area contributed by atoms with Gasteiger partial charge in [0, 0.05) is 56.1 Å². The second-order valence-corrected chi connectivity index (χ2v) is 14.6. The van der Waals surface area contributed by atoms with Crippen molar-refractivity contribution < 1.29 is 9.90 Å². The van der Waals surface area contributed by atoms with Gasteiger partial charge in [0.1, 0.15) is 11.6 Å². The molecule has 1 N–H and O–H groups in total. The molecule has 7 aromatic rings. The zero-order chi connectivity index (χ0) is 31.5. The largest absolute Gasteiger partial charge is 0.477 e. The molecule has 0 saturated heterocycles. The summed E-state index contributed by atoms with van der Waals surface area (Å²) in [6.07, 6.45) is 1.42. The molecule has 7 rings (SSSR count). The topological polar surface area (TPSA) is 64.3 Å². The maximum atomic E-state index is 11.2. The van der Waals surface area contributed by atoms with Gasteiger partial charge >= 0.3 is 5.97 Å². The quantitative estimate of drug-likeness (QED) is 0.123. The summed E-state index contributed by atoms with van der Waals surface area (Å²) in [7, 11) is 0. The van der Waals surface area contributed by atoms with Gasteiger partial charge in [-0.15, -0.1) is 45.3 Å². The predicted octanol–water partition coefficient (Wildman–Crippen LogP) is 12.1. The number of carboxylic acid groups (broad SMARTS) is 1. The van der Waals surface area contributed by atoms with Crippen molar-refractivity contribution in [2.24, 2.45) is 0 Å². The molecule has 4 heterocycles. The molecule has 3 aromatic carbocycles. The van der Waals surface area contributed by atoms with Crippen molar-refractivity contribution in [2.75, 3.05) is 4.90 Å². The third kappa shape index (κ3) is 6.23. The number of hydrogen-bond acceptors (Lipinski definition) is 7. The van der Waals surface area contributed by atoms with Crippen LogP contribution in [0.1, 0.15) is 4.88 Å². The van der Waals surface area contributed by atoms with Gasteiger partial charge in [-0.1, -0.05) is 48.5 Å². The lowest BCUT2D eigenvalue weighted by Gasteiger charge is -2.25. The lowest BCUT2D eigenvalue weighted by atomic mass is 10.1. The Morgan fingerprint density at radius 2 is 0.957 bits per heavy atom. The maximum Gasteiger partial charge on any atom is 0.346 e. The van der Waals surface area contributed by atoms with Gasteiger partial charge in [-0.05, 0) is 96.6 Å². The molecule has 0 aliphatic carbocycles. The molecule has 8 heteroatoms. The number of carbonyl (C=O) groups is 1. The molecule has 0 fully saturated rings. The van der Waals surface area contributed by atoms with Crippen LogP contribution in [0.5, 0.6) is 0 Å². The smallest absolute Gasteiger partial charge is 0.346 e. The summed E-state index contributed by atoms with van der Waals surface area (Å²) in [6.45, 7) is 0. The fraction of sp³-hybridized carbons (Fsp3) is 0. The Kier molecular flexibility index (Phi) is 8.47. The highest BCUT2D eigenvalue weighted by atomic mass is 32.1. The molecule has 0 radical (unpaired) electrons. The Morgan fingerprint density at radius 3 is 1.43 bits per heavy atom. The van der Waals surface area contributed by atoms with Crippen molar-refractivity contribution in [3.05, 3.63) is 144 Å². The molecule has 46 heavy (non-hydrogen) atoms. The SMILES string of the molecule is N#C/C(=C\c1ccc(-c2ccc(-c3ccc(-c4ccc(-c5ccc(N(c6ccccc6)c6ccccc6)cc5)s4)s3)s2)s1)C(=O)O. The van der Waals surface area contributed by atoms with E-state index in [-0.39, 0.29) is 5.57 Å². The van der Waals surface area contributed by atoms with Gasteiger partial charge in [0.15, 0.2) is 0 Å². The number of rotatable bonds is 9. The van der Waals surface area contributed by atoms with E-state index in [4.69, 9.17) is 10.4 Å². The molecule has 0 aliphatic heterocycles. The van der Waals surface area contributed by atoms with Crippen molar-refractivity contribution in [1.29, 1.82) is 5.26 Å². The standard InChI is InChI=1S/C38H24N2O2S4/c39-24-26(38(41)42)23-30-15-16-32(43-30)33-19-20-36(45-33)37-22-21-35(46-37)34-18-17-31(44-34)25-11-13-29(14-12-25)40(27-7-3-1-4-8-27)28-9-5-2-6-10-28/h1-23H,(H,41,42)/b26-23+. The molecule has 4 nitrogen and oxygen atoms in total. The van der Waals surface area contributed by atoms with Crippen LogP contribution in [0.2, 0.25) is 0 Å². The van der Waals surface area contributed by atoms with Crippen LogP contribution in [0.15, 0.2) is 139 Å². The summed E-state index contributed by atoms with van der Waals surface area (Å²) in [5, 5.41) is 18.2. The minimum Gasteiger partial charge on any atom is -0.477 e. The maximum absolute atomic E-state index is 11.2. The molecule has 0 unspecified atom stereocenters. The molecule has 4 aromatic heterocycles. The number of para-hydroxylation sites is 2. The highest BCUT2D eigenvalue weighted by Gasteiger charge is 2.15. The summed E-state index contributed by atoms with van der Waals surface area (Å²) < 4.78 is 0. The van der Waals surface area contributed by atoms with Crippen LogP contribution in [0.4, 0.5) is 17.1 Å². The number of aliphatic carboxylic acids is 1. The van der Waals surface area contributed by atoms with Crippen LogP contribution < -0.4 is 4.90 Å². The van der Waals surface area contributed by atoms with Crippen LogP contribution in [0, 0.1) is 11.3 Å². The highest BCUT2D eigenvalue weighted by molar-refractivity contribution is 7.29. The highest BCUT2D eigenvalue weighted by Crippen LogP contribution is 2.44. The van der Waals surface area contributed by atoms with Gasteiger partial charge in [0.05, 0.1) is 0 Å². The molecule has 222 valence electrons. The van der Waals surface area contributed by atoms with E-state index in [1.54, 1.807) is 40.1 Å². The Morgan fingerprint density at radius 1 is 0.543 bits per heavy atom. The number of anilines is 3. The average molecular weight is 669 g/mol. The van der Waals surface area contributed by atoms with E-state index in [2.05, 4.69) is 114 Å². The van der Waals surface area contributed by atoms with E-state index in [0.717, 1.165) is 31.7 Å². The average Bonchev–Trinajstić information content (AvgIpc) is 3.92. The van der Waals surface area contributed by atoms with Gasteiger partial charge in [-0.3, -0.25) is 0 Å². The number of carboxylic acids is 1. The first-order valence-electron chi connectivity index (χ1n) is 14.3. The molecular weight excluding hydrogens is 645 g/mol. The molecular formula is C38H24N2O2S4. The molecule has 0 spiro atoms. The zero-order valence-electron chi connectivity index (χ0n) is 24.2. The van der Waals surface area contributed by atoms with Gasteiger partial charge in [0.2, 0.25) is 0 Å². The van der Waals surface area contributed by atoms with Crippen LogP contribution in [0.3, 0.4) is 0 Å². The normalized spacial score (nSPS) is 11.3. The van der Waals surface area contributed by atoms with Gasteiger partial charge < -0.3 is 10.0 Å². The van der Waals surface area contributed by atoms with E-state index in [1.807, 2.05) is 24.3 Å². The van der Waals surface area contributed by atoms with Crippen LogP contribution >= 0.6 is 45.3 Å². The number of nitriles is 1. The van der Waals surface area contributed by atoms with Crippen molar-refractivity contribution in [2.45, 2.75) is 0 Å². The molecule has 0 atom stereocenters. The van der Waals surface area contributed by atoms with Crippen LogP contribution in [-0.4, -0.2) is 11.1 Å². The fourth-order valence-electron chi connectivity index (χ4n) is 5.05. The summed E-state index contributed by atoms with van der Waals surface area (Å²) in [4.78, 5) is 22.5. The Hall–Kier alpha value is -5.04. The summed E-state index contributed by atoms with van der Waals surface area (Å²) in [6, 6.07) is 48.2. The van der Waals surface area contributed by atoms with E-state index >= 15 is 0 Å². The van der Waals surface area contributed by atoms with Crippen molar-refractivity contribution in [3.8, 4) is 45.8 Å². The minimum absolute atomic E-state index is 0.266. The third-order valence-electron chi connectivity index (χ3n) is 7.25. The summed E-state index contributed by atoms with van der Waals surface area (Å²) in [5.41, 5.74) is 4.27. The molecule has 0 aliphatic rings. The Labute approximate surface area is 282 Å². The third-order valence-corrected chi connectivity index (χ3v) is 12.2. The van der Waals surface area contributed by atoms with E-state index < -0.39 is 5.97 Å². The lowest BCUT2D eigenvalue weighted by Crippen LogP contribution is -2.09. The first-order valence-corrected chi connectivity index (χ1v) is 17.6. The van der Waals surface area contributed by atoms with Crippen LogP contribution in [0.25, 0.3) is 45.8 Å². The first-order chi connectivity index (χ1) is 22.6. The van der Waals surface area contributed by atoms with Crippen LogP contribution in [-0.2, 0) is 4.79 Å². The number of benzene rings is 3. The fourth-order valence-corrected chi connectivity index (χ4v) is 9.30.